The maximum atomic E-state index is 9.03. The van der Waals surface area contributed by atoms with Gasteiger partial charge in [-0.3, -0.25) is 0 Å². The zero-order valence-corrected chi connectivity index (χ0v) is 12.6. The molecule has 0 unspecified atom stereocenters. The number of phenolic OH excluding ortho intramolecular Hbond substituents is 1. The Bertz CT molecular complexity index is 535. The first-order valence-corrected chi connectivity index (χ1v) is 6.92. The molecule has 0 aliphatic rings. The van der Waals surface area contributed by atoms with Crippen LogP contribution in [-0.4, -0.2) is 11.7 Å². The highest BCUT2D eigenvalue weighted by atomic mass is 16.5. The summed E-state index contributed by atoms with van der Waals surface area (Å²) in [6, 6.07) is 16.4. The Morgan fingerprint density at radius 2 is 1.71 bits per heavy atom. The van der Waals surface area contributed by atoms with Gasteiger partial charge in [0.05, 0.1) is 12.4 Å². The first-order valence-electron chi connectivity index (χ1n) is 6.92. The molecular weight excluding hydrogens is 264 g/mol. The number of allylic oxidation sites excluding steroid dienone is 1. The Kier molecular flexibility index (Phi) is 7.51. The highest BCUT2D eigenvalue weighted by Crippen LogP contribution is 2.17. The first kappa shape index (κ1) is 16.6. The average Bonchev–Trinajstić information content (AvgIpc) is 2.46. The van der Waals surface area contributed by atoms with E-state index in [4.69, 9.17) is 14.6 Å². The minimum Gasteiger partial charge on any atom is -0.508 e. The molecule has 0 saturated heterocycles. The van der Waals surface area contributed by atoms with E-state index in [1.54, 1.807) is 18.2 Å². The van der Waals surface area contributed by atoms with E-state index in [0.717, 1.165) is 17.9 Å². The fraction of sp³-hybridized carbons (Fsp3) is 0.222. The number of hydrogen-bond acceptors (Lipinski definition) is 3. The van der Waals surface area contributed by atoms with Gasteiger partial charge in [-0.15, -0.1) is 0 Å². The van der Waals surface area contributed by atoms with Gasteiger partial charge < -0.3 is 14.6 Å². The van der Waals surface area contributed by atoms with Crippen LogP contribution in [0.1, 0.15) is 20.3 Å². The Morgan fingerprint density at radius 1 is 1.05 bits per heavy atom. The van der Waals surface area contributed by atoms with Crippen molar-refractivity contribution >= 4 is 0 Å². The third-order valence-corrected chi connectivity index (χ3v) is 2.33. The maximum Gasteiger partial charge on any atom is 0.126 e. The summed E-state index contributed by atoms with van der Waals surface area (Å²) in [5.74, 6) is 2.53. The monoisotopic (exact) mass is 286 g/mol. The van der Waals surface area contributed by atoms with Crippen LogP contribution in [0, 0.1) is 0 Å². The molecule has 0 spiro atoms. The van der Waals surface area contributed by atoms with Crippen molar-refractivity contribution in [3.63, 3.8) is 0 Å². The average molecular weight is 286 g/mol. The Morgan fingerprint density at radius 3 is 2.29 bits per heavy atom. The molecule has 2 aromatic rings. The predicted molar refractivity (Wildman–Crippen MR) is 85.8 cm³/mol. The van der Waals surface area contributed by atoms with E-state index in [1.165, 1.54) is 0 Å². The lowest BCUT2D eigenvalue weighted by Gasteiger charge is -2.03. The van der Waals surface area contributed by atoms with Gasteiger partial charge in [0.25, 0.3) is 0 Å². The molecule has 2 aromatic carbocycles. The van der Waals surface area contributed by atoms with E-state index < -0.39 is 0 Å². The summed E-state index contributed by atoms with van der Waals surface area (Å²) in [5.41, 5.74) is 0. The largest absolute Gasteiger partial charge is 0.508 e. The van der Waals surface area contributed by atoms with Crippen molar-refractivity contribution in [2.45, 2.75) is 20.3 Å². The summed E-state index contributed by atoms with van der Waals surface area (Å²) in [6.07, 6.45) is 0.982. The van der Waals surface area contributed by atoms with Crippen LogP contribution in [0.25, 0.3) is 0 Å². The molecule has 2 rings (SSSR count). The van der Waals surface area contributed by atoms with Gasteiger partial charge >= 0.3 is 0 Å². The highest BCUT2D eigenvalue weighted by Gasteiger charge is 1.92. The summed E-state index contributed by atoms with van der Waals surface area (Å²) in [5, 5.41) is 9.03. The van der Waals surface area contributed by atoms with Crippen LogP contribution in [0.3, 0.4) is 0 Å². The SMILES string of the molecule is C=C(C)Oc1ccccc1.CCCOc1cccc(O)c1. The fourth-order valence-electron chi connectivity index (χ4n) is 1.48. The number of para-hydroxylation sites is 1. The summed E-state index contributed by atoms with van der Waals surface area (Å²) in [6.45, 7) is 8.20. The van der Waals surface area contributed by atoms with Gasteiger partial charge in [0.2, 0.25) is 0 Å². The third-order valence-electron chi connectivity index (χ3n) is 2.33. The molecule has 3 heteroatoms. The summed E-state index contributed by atoms with van der Waals surface area (Å²) in [7, 11) is 0. The van der Waals surface area contributed by atoms with E-state index >= 15 is 0 Å². The van der Waals surface area contributed by atoms with Crippen LogP contribution in [0.15, 0.2) is 66.9 Å². The number of hydrogen-bond donors (Lipinski definition) is 1. The molecular formula is C18H22O3. The van der Waals surface area contributed by atoms with Gasteiger partial charge in [0.1, 0.15) is 17.2 Å². The van der Waals surface area contributed by atoms with Crippen molar-refractivity contribution in [2.75, 3.05) is 6.61 Å². The summed E-state index contributed by atoms with van der Waals surface area (Å²) >= 11 is 0. The second-order valence-corrected chi connectivity index (χ2v) is 4.46. The number of ether oxygens (including phenoxy) is 2. The molecule has 0 aliphatic heterocycles. The number of phenols is 1. The molecule has 3 nitrogen and oxygen atoms in total. The molecule has 21 heavy (non-hydrogen) atoms. The second-order valence-electron chi connectivity index (χ2n) is 4.46. The van der Waals surface area contributed by atoms with Crippen LogP contribution < -0.4 is 9.47 Å². The summed E-state index contributed by atoms with van der Waals surface area (Å²) in [4.78, 5) is 0. The highest BCUT2D eigenvalue weighted by molar-refractivity contribution is 5.31. The smallest absolute Gasteiger partial charge is 0.126 e. The number of aromatic hydroxyl groups is 1. The first-order chi connectivity index (χ1) is 10.1. The van der Waals surface area contributed by atoms with Gasteiger partial charge in [-0.1, -0.05) is 37.8 Å². The van der Waals surface area contributed by atoms with Gasteiger partial charge in [-0.05, 0) is 37.6 Å². The molecule has 0 aliphatic carbocycles. The van der Waals surface area contributed by atoms with Crippen LogP contribution in [-0.2, 0) is 0 Å². The summed E-state index contributed by atoms with van der Waals surface area (Å²) < 4.78 is 10.5. The Balaban J connectivity index is 0.000000211. The van der Waals surface area contributed by atoms with Crippen molar-refractivity contribution in [3.05, 3.63) is 66.9 Å². The van der Waals surface area contributed by atoms with Crippen molar-refractivity contribution in [2.24, 2.45) is 0 Å². The van der Waals surface area contributed by atoms with Gasteiger partial charge in [0, 0.05) is 6.07 Å². The van der Waals surface area contributed by atoms with Crippen LogP contribution in [0.2, 0.25) is 0 Å². The predicted octanol–water partition coefficient (Wildman–Crippen LogP) is 4.78. The molecule has 112 valence electrons. The zero-order chi connectivity index (χ0) is 15.5. The molecule has 0 amide bonds. The maximum absolute atomic E-state index is 9.03. The second kappa shape index (κ2) is 9.48. The van der Waals surface area contributed by atoms with Crippen LogP contribution >= 0.6 is 0 Å². The van der Waals surface area contributed by atoms with Crippen LogP contribution in [0.5, 0.6) is 17.2 Å². The molecule has 0 aromatic heterocycles. The van der Waals surface area contributed by atoms with Gasteiger partial charge in [-0.2, -0.15) is 0 Å². The van der Waals surface area contributed by atoms with Crippen molar-refractivity contribution in [3.8, 4) is 17.2 Å². The molecule has 0 atom stereocenters. The van der Waals surface area contributed by atoms with E-state index in [-0.39, 0.29) is 5.75 Å². The Labute approximate surface area is 126 Å². The van der Waals surface area contributed by atoms with E-state index in [1.807, 2.05) is 50.2 Å². The minimum absolute atomic E-state index is 0.249. The zero-order valence-electron chi connectivity index (χ0n) is 12.6. The van der Waals surface area contributed by atoms with Gasteiger partial charge in [0.15, 0.2) is 0 Å². The lowest BCUT2D eigenvalue weighted by atomic mass is 10.3. The molecule has 0 saturated carbocycles. The van der Waals surface area contributed by atoms with E-state index in [9.17, 15) is 0 Å². The molecule has 0 heterocycles. The van der Waals surface area contributed by atoms with Crippen molar-refractivity contribution < 1.29 is 14.6 Å². The fourth-order valence-corrected chi connectivity index (χ4v) is 1.48. The molecule has 1 N–H and O–H groups in total. The quantitative estimate of drug-likeness (QED) is 0.804. The minimum atomic E-state index is 0.249. The van der Waals surface area contributed by atoms with Crippen molar-refractivity contribution in [1.29, 1.82) is 0 Å². The Hall–Kier alpha value is -2.42. The van der Waals surface area contributed by atoms with E-state index in [0.29, 0.717) is 12.4 Å². The number of benzene rings is 2. The van der Waals surface area contributed by atoms with Gasteiger partial charge in [-0.25, -0.2) is 0 Å². The van der Waals surface area contributed by atoms with Crippen LogP contribution in [0.4, 0.5) is 0 Å². The molecule has 0 bridgehead atoms. The standard InChI is InChI=1S/C9H12O2.C9H10O/c1-2-6-11-9-5-3-4-8(10)7-9;1-8(2)10-9-6-4-3-5-7-9/h3-5,7,10H,2,6H2,1H3;3-7H,1H2,2H3. The van der Waals surface area contributed by atoms with E-state index in [2.05, 4.69) is 6.58 Å². The third kappa shape index (κ3) is 7.67. The topological polar surface area (TPSA) is 38.7 Å². The lowest BCUT2D eigenvalue weighted by molar-refractivity contribution is 0.315. The normalized spacial score (nSPS) is 9.24. The number of rotatable bonds is 5. The molecule has 0 radical (unpaired) electrons. The molecule has 0 fully saturated rings. The van der Waals surface area contributed by atoms with Crippen molar-refractivity contribution in [1.82, 2.24) is 0 Å². The lowest BCUT2D eigenvalue weighted by Crippen LogP contribution is -1.93.